The van der Waals surface area contributed by atoms with Crippen LogP contribution in [0.3, 0.4) is 0 Å². The number of hydrogen-bond donors (Lipinski definition) is 2. The summed E-state index contributed by atoms with van der Waals surface area (Å²) in [6.45, 7) is 4.06. The number of carbonyl (C=O) groups excluding carboxylic acids is 1. The van der Waals surface area contributed by atoms with Crippen LogP contribution < -0.4 is 10.6 Å². The molecule has 0 aliphatic carbocycles. The smallest absolute Gasteiger partial charge is 0.240 e. The predicted octanol–water partition coefficient (Wildman–Crippen LogP) is 5.05. The Balaban J connectivity index is 1.87. The van der Waals surface area contributed by atoms with Crippen LogP contribution in [0, 0.1) is 17.6 Å². The van der Waals surface area contributed by atoms with Gasteiger partial charge in [-0.05, 0) is 48.4 Å². The molecular weight excluding hydrogens is 398 g/mol. The van der Waals surface area contributed by atoms with Crippen molar-refractivity contribution < 1.29 is 13.6 Å². The molecule has 1 atom stereocenters. The maximum atomic E-state index is 13.9. The van der Waals surface area contributed by atoms with Crippen LogP contribution in [0.25, 0.3) is 11.3 Å². The molecule has 29 heavy (non-hydrogen) atoms. The Hall–Kier alpha value is -2.93. The van der Waals surface area contributed by atoms with Gasteiger partial charge in [-0.2, -0.15) is 0 Å². The average Bonchev–Trinajstić information content (AvgIpc) is 3.03. The molecule has 0 spiro atoms. The quantitative estimate of drug-likeness (QED) is 0.625. The molecule has 2 heterocycles. The largest absolute Gasteiger partial charge is 0.344 e. The van der Waals surface area contributed by atoms with Gasteiger partial charge in [0.05, 0.1) is 11.1 Å². The number of nitrogens with zero attached hydrogens (tertiary/aromatic N) is 2. The molecule has 4 rings (SSSR count). The molecule has 0 fully saturated rings. The topological polar surface area (TPSA) is 59.0 Å². The third-order valence-corrected chi connectivity index (χ3v) is 5.17. The van der Waals surface area contributed by atoms with E-state index in [9.17, 15) is 13.6 Å². The van der Waals surface area contributed by atoms with Crippen molar-refractivity contribution in [2.75, 3.05) is 5.32 Å². The fraction of sp³-hybridized carbons (Fsp3) is 0.238. The molecule has 3 aromatic rings. The van der Waals surface area contributed by atoms with E-state index in [2.05, 4.69) is 10.6 Å². The molecule has 2 aromatic carbocycles. The number of nitrogens with one attached hydrogen (secondary N) is 2. The monoisotopic (exact) mass is 416 g/mol. The molecule has 1 aromatic heterocycles. The first-order chi connectivity index (χ1) is 13.8. The highest BCUT2D eigenvalue weighted by molar-refractivity contribution is 6.30. The van der Waals surface area contributed by atoms with Gasteiger partial charge in [-0.15, -0.1) is 0 Å². The van der Waals surface area contributed by atoms with Crippen molar-refractivity contribution in [1.29, 1.82) is 0 Å². The number of hydrogen-bond acceptors (Lipinski definition) is 3. The highest BCUT2D eigenvalue weighted by atomic mass is 35.5. The Kier molecular flexibility index (Phi) is 5.00. The minimum Gasteiger partial charge on any atom is -0.344 e. The molecule has 1 amide bonds. The first-order valence-electron chi connectivity index (χ1n) is 9.21. The Morgan fingerprint density at radius 3 is 2.59 bits per heavy atom. The van der Waals surface area contributed by atoms with E-state index in [0.29, 0.717) is 28.6 Å². The fourth-order valence-electron chi connectivity index (χ4n) is 3.41. The van der Waals surface area contributed by atoms with Crippen LogP contribution in [0.15, 0.2) is 42.5 Å². The lowest BCUT2D eigenvalue weighted by atomic mass is 10.0. The van der Waals surface area contributed by atoms with Crippen LogP contribution in [-0.4, -0.2) is 15.5 Å². The molecule has 0 radical (unpaired) electrons. The number of halogens is 3. The zero-order chi connectivity index (χ0) is 20.7. The number of rotatable bonds is 4. The summed E-state index contributed by atoms with van der Waals surface area (Å²) < 4.78 is 29.2. The van der Waals surface area contributed by atoms with Gasteiger partial charge < -0.3 is 15.2 Å². The summed E-state index contributed by atoms with van der Waals surface area (Å²) in [7, 11) is 0. The second kappa shape index (κ2) is 7.48. The second-order valence-corrected chi connectivity index (χ2v) is 7.71. The van der Waals surface area contributed by atoms with Gasteiger partial charge in [0.2, 0.25) is 5.91 Å². The van der Waals surface area contributed by atoms with Crippen molar-refractivity contribution in [1.82, 2.24) is 14.9 Å². The van der Waals surface area contributed by atoms with Crippen LogP contribution in [0.4, 0.5) is 20.3 Å². The normalized spacial score (nSPS) is 15.9. The zero-order valence-corrected chi connectivity index (χ0v) is 16.6. The van der Waals surface area contributed by atoms with Gasteiger partial charge in [0.25, 0.3) is 0 Å². The van der Waals surface area contributed by atoms with Crippen molar-refractivity contribution in [3.63, 3.8) is 0 Å². The summed E-state index contributed by atoms with van der Waals surface area (Å²) in [6.07, 6.45) is 0. The third-order valence-electron chi connectivity index (χ3n) is 4.86. The van der Waals surface area contributed by atoms with Crippen LogP contribution in [0.5, 0.6) is 0 Å². The molecule has 150 valence electrons. The lowest BCUT2D eigenvalue weighted by Crippen LogP contribution is -2.41. The molecule has 8 heteroatoms. The van der Waals surface area contributed by atoms with Crippen LogP contribution >= 0.6 is 11.6 Å². The molecular formula is C21H19ClF2N4O. The molecule has 0 saturated heterocycles. The minimum atomic E-state index is -0.559. The summed E-state index contributed by atoms with van der Waals surface area (Å²) in [5.74, 6) is 0.289. The summed E-state index contributed by atoms with van der Waals surface area (Å²) in [4.78, 5) is 17.1. The van der Waals surface area contributed by atoms with Crippen LogP contribution in [0.1, 0.15) is 25.7 Å². The first kappa shape index (κ1) is 19.4. The molecule has 0 saturated carbocycles. The molecule has 2 N–H and O–H groups in total. The molecule has 0 unspecified atom stereocenters. The average molecular weight is 417 g/mol. The van der Waals surface area contributed by atoms with Gasteiger partial charge in [-0.25, -0.2) is 13.8 Å². The first-order valence-corrected chi connectivity index (χ1v) is 9.59. The fourth-order valence-corrected chi connectivity index (χ4v) is 3.52. The number of amides is 1. The van der Waals surface area contributed by atoms with E-state index < -0.39 is 5.82 Å². The van der Waals surface area contributed by atoms with Crippen molar-refractivity contribution in [3.8, 4) is 11.3 Å². The summed E-state index contributed by atoms with van der Waals surface area (Å²) in [5.41, 5.74) is 1.70. The van der Waals surface area contributed by atoms with Crippen LogP contribution in [0.2, 0.25) is 5.02 Å². The maximum absolute atomic E-state index is 13.9. The number of anilines is 2. The van der Waals surface area contributed by atoms with E-state index in [1.54, 1.807) is 22.8 Å². The number of aromatic nitrogens is 2. The number of carbonyl (C=O) groups is 1. The van der Waals surface area contributed by atoms with Gasteiger partial charge in [-0.3, -0.25) is 4.79 Å². The summed E-state index contributed by atoms with van der Waals surface area (Å²) >= 11 is 5.78. The highest BCUT2D eigenvalue weighted by Gasteiger charge is 2.32. The van der Waals surface area contributed by atoms with E-state index >= 15 is 0 Å². The van der Waals surface area contributed by atoms with E-state index in [4.69, 9.17) is 16.6 Å². The van der Waals surface area contributed by atoms with Crippen molar-refractivity contribution in [3.05, 3.63) is 64.9 Å². The van der Waals surface area contributed by atoms with E-state index in [1.807, 2.05) is 13.8 Å². The van der Waals surface area contributed by atoms with Gasteiger partial charge >= 0.3 is 0 Å². The van der Waals surface area contributed by atoms with Crippen molar-refractivity contribution >= 4 is 29.0 Å². The van der Waals surface area contributed by atoms with Crippen molar-refractivity contribution in [2.45, 2.75) is 26.4 Å². The van der Waals surface area contributed by atoms with Gasteiger partial charge in [-0.1, -0.05) is 25.4 Å². The van der Waals surface area contributed by atoms with Gasteiger partial charge in [0.15, 0.2) is 0 Å². The molecule has 5 nitrogen and oxygen atoms in total. The lowest BCUT2D eigenvalue weighted by molar-refractivity contribution is -0.123. The third kappa shape index (κ3) is 3.70. The Labute approximate surface area is 171 Å². The predicted molar refractivity (Wildman–Crippen MR) is 108 cm³/mol. The summed E-state index contributed by atoms with van der Waals surface area (Å²) in [5, 5.41) is 6.15. The Morgan fingerprint density at radius 2 is 1.93 bits per heavy atom. The zero-order valence-electron chi connectivity index (χ0n) is 15.8. The highest BCUT2D eigenvalue weighted by Crippen LogP contribution is 2.36. The van der Waals surface area contributed by atoms with E-state index in [0.717, 1.165) is 0 Å². The molecule has 1 aliphatic rings. The van der Waals surface area contributed by atoms with Crippen molar-refractivity contribution in [2.24, 2.45) is 5.92 Å². The maximum Gasteiger partial charge on any atom is 0.240 e. The number of benzene rings is 2. The minimum absolute atomic E-state index is 0.0175. The number of imidazole rings is 1. The summed E-state index contributed by atoms with van der Waals surface area (Å²) in [6, 6.07) is 10.0. The van der Waals surface area contributed by atoms with E-state index in [-0.39, 0.29) is 35.3 Å². The second-order valence-electron chi connectivity index (χ2n) is 7.30. The van der Waals surface area contributed by atoms with Crippen LogP contribution in [-0.2, 0) is 11.3 Å². The SMILES string of the molecule is CC(C)[C@@H]1NC(=O)Cn2c1nc(-c1ccc(F)cc1)c2Nc1ccc(Cl)c(F)c1. The van der Waals surface area contributed by atoms with Gasteiger partial charge in [0.1, 0.15) is 35.5 Å². The standard InChI is InChI=1S/C21H19ClF2N4O/c1-11(2)18-20-27-19(12-3-5-13(23)6-4-12)21(28(20)10-17(29)26-18)25-14-7-8-15(22)16(24)9-14/h3-9,11,18,25H,10H2,1-2H3,(H,26,29)/t18-/m0/s1. The van der Waals surface area contributed by atoms with E-state index in [1.165, 1.54) is 24.3 Å². The Bertz CT molecular complexity index is 1080. The Morgan fingerprint density at radius 1 is 1.21 bits per heavy atom. The lowest BCUT2D eigenvalue weighted by Gasteiger charge is -2.28. The molecule has 0 bridgehead atoms. The van der Waals surface area contributed by atoms with Gasteiger partial charge in [0, 0.05) is 11.3 Å². The number of fused-ring (bicyclic) bond motifs is 1. The molecule has 1 aliphatic heterocycles.